The van der Waals surface area contributed by atoms with Crippen molar-refractivity contribution in [3.05, 3.63) is 95.2 Å². The molecule has 37 heavy (non-hydrogen) atoms. The van der Waals surface area contributed by atoms with Crippen molar-refractivity contribution in [1.29, 1.82) is 0 Å². The van der Waals surface area contributed by atoms with E-state index in [1.807, 2.05) is 50.2 Å². The molecule has 8 heteroatoms. The summed E-state index contributed by atoms with van der Waals surface area (Å²) in [7, 11) is 2.50. The van der Waals surface area contributed by atoms with Gasteiger partial charge < -0.3 is 18.9 Å². The SMILES string of the molecule is CCOc1cc(-c2nn(-c3ccccc3)c(C(=O)OC)c2C(=O)OC)ccc1OCc1cccc(C)c1. The van der Waals surface area contributed by atoms with Gasteiger partial charge in [-0.1, -0.05) is 48.0 Å². The van der Waals surface area contributed by atoms with Gasteiger partial charge in [-0.15, -0.1) is 0 Å². The summed E-state index contributed by atoms with van der Waals surface area (Å²) in [5.41, 5.74) is 3.52. The Labute approximate surface area is 215 Å². The number of hydrogen-bond acceptors (Lipinski definition) is 7. The predicted octanol–water partition coefficient (Wildman–Crippen LogP) is 5.40. The molecule has 0 aliphatic rings. The highest BCUT2D eigenvalue weighted by Crippen LogP contribution is 2.36. The Morgan fingerprint density at radius 2 is 1.59 bits per heavy atom. The molecular weight excluding hydrogens is 472 g/mol. The van der Waals surface area contributed by atoms with Crippen LogP contribution in [0.1, 0.15) is 38.9 Å². The average molecular weight is 501 g/mol. The summed E-state index contributed by atoms with van der Waals surface area (Å²) < 4.78 is 23.3. The van der Waals surface area contributed by atoms with Gasteiger partial charge in [-0.2, -0.15) is 5.10 Å². The highest BCUT2D eigenvalue weighted by atomic mass is 16.5. The molecule has 0 amide bonds. The second kappa shape index (κ2) is 11.4. The van der Waals surface area contributed by atoms with Gasteiger partial charge in [0.2, 0.25) is 0 Å². The fourth-order valence-electron chi connectivity index (χ4n) is 3.96. The minimum atomic E-state index is -0.717. The highest BCUT2D eigenvalue weighted by molar-refractivity contribution is 6.06. The molecule has 8 nitrogen and oxygen atoms in total. The van der Waals surface area contributed by atoms with Crippen molar-refractivity contribution in [2.24, 2.45) is 0 Å². The third-order valence-corrected chi connectivity index (χ3v) is 5.65. The van der Waals surface area contributed by atoms with Gasteiger partial charge in [-0.25, -0.2) is 14.3 Å². The van der Waals surface area contributed by atoms with Crippen LogP contribution in [0, 0.1) is 6.92 Å². The van der Waals surface area contributed by atoms with Gasteiger partial charge in [-0.05, 0) is 49.7 Å². The second-order valence-electron chi connectivity index (χ2n) is 8.17. The van der Waals surface area contributed by atoms with E-state index in [2.05, 4.69) is 11.2 Å². The van der Waals surface area contributed by atoms with E-state index in [0.717, 1.165) is 11.1 Å². The molecule has 0 aliphatic carbocycles. The van der Waals surface area contributed by atoms with Crippen molar-refractivity contribution < 1.29 is 28.5 Å². The predicted molar refractivity (Wildman–Crippen MR) is 138 cm³/mol. The lowest BCUT2D eigenvalue weighted by molar-refractivity contribution is 0.0549. The van der Waals surface area contributed by atoms with E-state index in [0.29, 0.717) is 36.0 Å². The van der Waals surface area contributed by atoms with E-state index in [4.69, 9.17) is 18.9 Å². The van der Waals surface area contributed by atoms with Crippen LogP contribution in [0.15, 0.2) is 72.8 Å². The standard InChI is InChI=1S/C29H28N2O6/c1-5-36-24-17-21(14-15-23(24)37-18-20-11-9-10-19(2)16-20)26-25(28(32)34-3)27(29(33)35-4)31(30-26)22-12-7-6-8-13-22/h6-17H,5,18H2,1-4H3. The van der Waals surface area contributed by atoms with E-state index < -0.39 is 11.9 Å². The van der Waals surface area contributed by atoms with E-state index in [-0.39, 0.29) is 17.0 Å². The number of para-hydroxylation sites is 1. The number of benzene rings is 3. The molecule has 0 bridgehead atoms. The molecule has 190 valence electrons. The van der Waals surface area contributed by atoms with Gasteiger partial charge in [0.05, 0.1) is 26.5 Å². The van der Waals surface area contributed by atoms with Crippen molar-refractivity contribution in [2.75, 3.05) is 20.8 Å². The lowest BCUT2D eigenvalue weighted by atomic mass is 10.0. The first-order valence-corrected chi connectivity index (χ1v) is 11.8. The molecule has 0 N–H and O–H groups in total. The van der Waals surface area contributed by atoms with Gasteiger partial charge in [0.15, 0.2) is 17.2 Å². The zero-order valence-electron chi connectivity index (χ0n) is 21.2. The number of rotatable bonds is 9. The van der Waals surface area contributed by atoms with E-state index in [1.54, 1.807) is 30.3 Å². The third-order valence-electron chi connectivity index (χ3n) is 5.65. The largest absolute Gasteiger partial charge is 0.490 e. The Kier molecular flexibility index (Phi) is 7.88. The maximum Gasteiger partial charge on any atom is 0.357 e. The molecule has 0 aliphatic heterocycles. The Morgan fingerprint density at radius 1 is 0.838 bits per heavy atom. The smallest absolute Gasteiger partial charge is 0.357 e. The number of aryl methyl sites for hydroxylation is 1. The zero-order valence-corrected chi connectivity index (χ0v) is 21.2. The molecule has 0 spiro atoms. The molecule has 0 unspecified atom stereocenters. The summed E-state index contributed by atoms with van der Waals surface area (Å²) in [6.45, 7) is 4.67. The molecule has 0 fully saturated rings. The third kappa shape index (κ3) is 5.48. The first-order chi connectivity index (χ1) is 18.0. The number of nitrogens with zero attached hydrogens (tertiary/aromatic N) is 2. The van der Waals surface area contributed by atoms with Crippen LogP contribution in [0.25, 0.3) is 16.9 Å². The molecule has 0 radical (unpaired) electrons. The summed E-state index contributed by atoms with van der Waals surface area (Å²) in [6, 6.07) is 22.3. The van der Waals surface area contributed by atoms with E-state index >= 15 is 0 Å². The summed E-state index contributed by atoms with van der Waals surface area (Å²) in [4.78, 5) is 25.7. The number of carbonyl (C=O) groups is 2. The molecule has 1 heterocycles. The average Bonchev–Trinajstić information content (AvgIpc) is 3.33. The number of methoxy groups -OCH3 is 2. The van der Waals surface area contributed by atoms with Crippen LogP contribution in [-0.2, 0) is 16.1 Å². The van der Waals surface area contributed by atoms with Crippen molar-refractivity contribution in [2.45, 2.75) is 20.5 Å². The number of esters is 2. The summed E-state index contributed by atoms with van der Waals surface area (Å²) in [5.74, 6) is -0.402. The quantitative estimate of drug-likeness (QED) is 0.284. The fraction of sp³-hybridized carbons (Fsp3) is 0.207. The number of hydrogen-bond donors (Lipinski definition) is 0. The Morgan fingerprint density at radius 3 is 2.27 bits per heavy atom. The minimum Gasteiger partial charge on any atom is -0.490 e. The van der Waals surface area contributed by atoms with Gasteiger partial charge in [-0.3, -0.25) is 0 Å². The lowest BCUT2D eigenvalue weighted by Gasteiger charge is -2.13. The first kappa shape index (κ1) is 25.5. The summed E-state index contributed by atoms with van der Waals surface area (Å²) in [5, 5.41) is 4.64. The number of aromatic nitrogens is 2. The molecule has 4 rings (SSSR count). The van der Waals surface area contributed by atoms with Crippen molar-refractivity contribution in [3.63, 3.8) is 0 Å². The van der Waals surface area contributed by atoms with Crippen LogP contribution in [0.3, 0.4) is 0 Å². The summed E-state index contributed by atoms with van der Waals surface area (Å²) >= 11 is 0. The maximum atomic E-state index is 12.9. The summed E-state index contributed by atoms with van der Waals surface area (Å²) in [6.07, 6.45) is 0. The lowest BCUT2D eigenvalue weighted by Crippen LogP contribution is -2.15. The van der Waals surface area contributed by atoms with Crippen molar-refractivity contribution >= 4 is 11.9 Å². The topological polar surface area (TPSA) is 88.9 Å². The Bertz CT molecular complexity index is 1410. The van der Waals surface area contributed by atoms with Crippen molar-refractivity contribution in [1.82, 2.24) is 9.78 Å². The number of ether oxygens (including phenoxy) is 4. The van der Waals surface area contributed by atoms with Gasteiger partial charge >= 0.3 is 11.9 Å². The molecule has 4 aromatic rings. The minimum absolute atomic E-state index is 0.00548. The van der Waals surface area contributed by atoms with Crippen LogP contribution < -0.4 is 9.47 Å². The monoisotopic (exact) mass is 500 g/mol. The van der Waals surface area contributed by atoms with Crippen LogP contribution in [-0.4, -0.2) is 42.5 Å². The second-order valence-corrected chi connectivity index (χ2v) is 8.17. The normalized spacial score (nSPS) is 10.6. The first-order valence-electron chi connectivity index (χ1n) is 11.8. The van der Waals surface area contributed by atoms with Crippen LogP contribution in [0.5, 0.6) is 11.5 Å². The van der Waals surface area contributed by atoms with Crippen LogP contribution in [0.2, 0.25) is 0 Å². The zero-order chi connectivity index (χ0) is 26.4. The molecule has 0 atom stereocenters. The Hall–Kier alpha value is -4.59. The molecule has 3 aromatic carbocycles. The highest BCUT2D eigenvalue weighted by Gasteiger charge is 2.31. The van der Waals surface area contributed by atoms with E-state index in [9.17, 15) is 9.59 Å². The van der Waals surface area contributed by atoms with Gasteiger partial charge in [0, 0.05) is 5.56 Å². The fourth-order valence-corrected chi connectivity index (χ4v) is 3.96. The van der Waals surface area contributed by atoms with Crippen molar-refractivity contribution in [3.8, 4) is 28.4 Å². The van der Waals surface area contributed by atoms with Gasteiger partial charge in [0.25, 0.3) is 0 Å². The maximum absolute atomic E-state index is 12.9. The molecule has 0 saturated heterocycles. The molecule has 0 saturated carbocycles. The Balaban J connectivity index is 1.82. The number of carbonyl (C=O) groups excluding carboxylic acids is 2. The van der Waals surface area contributed by atoms with Crippen LogP contribution >= 0.6 is 0 Å². The molecule has 1 aromatic heterocycles. The van der Waals surface area contributed by atoms with Gasteiger partial charge in [0.1, 0.15) is 17.9 Å². The van der Waals surface area contributed by atoms with E-state index in [1.165, 1.54) is 18.9 Å². The molecular formula is C29H28N2O6. The van der Waals surface area contributed by atoms with Crippen LogP contribution in [0.4, 0.5) is 0 Å².